The molecule has 0 atom stereocenters. The third kappa shape index (κ3) is 2.24. The van der Waals surface area contributed by atoms with E-state index in [4.69, 9.17) is 0 Å². The first-order chi connectivity index (χ1) is 6.00. The predicted octanol–water partition coefficient (Wildman–Crippen LogP) is 1.08. The Hall–Kier alpha value is -1.45. The highest BCUT2D eigenvalue weighted by atomic mass is 16.2. The first-order valence-corrected chi connectivity index (χ1v) is 4.07. The lowest BCUT2D eigenvalue weighted by Crippen LogP contribution is -2.25. The Morgan fingerprint density at radius 1 is 1.31 bits per heavy atom. The van der Waals surface area contributed by atoms with Crippen molar-refractivity contribution in [1.29, 1.82) is 0 Å². The summed E-state index contributed by atoms with van der Waals surface area (Å²) in [5.41, 5.74) is 1.74. The van der Waals surface area contributed by atoms with Crippen molar-refractivity contribution in [2.24, 2.45) is 0 Å². The monoisotopic (exact) mass is 179 g/mol. The molecule has 1 heterocycles. The molecule has 4 nitrogen and oxygen atoms in total. The first-order valence-electron chi connectivity index (χ1n) is 4.07. The fourth-order valence-electron chi connectivity index (χ4n) is 0.998. The Labute approximate surface area is 77.6 Å². The average molecular weight is 179 g/mol. The number of anilines is 1. The van der Waals surface area contributed by atoms with Crippen LogP contribution in [0.4, 0.5) is 5.95 Å². The topological polar surface area (TPSA) is 46.1 Å². The van der Waals surface area contributed by atoms with Crippen LogP contribution in [0.1, 0.15) is 18.3 Å². The van der Waals surface area contributed by atoms with Crippen molar-refractivity contribution < 1.29 is 4.79 Å². The van der Waals surface area contributed by atoms with Gasteiger partial charge in [0.1, 0.15) is 0 Å². The van der Waals surface area contributed by atoms with Crippen LogP contribution in [0.2, 0.25) is 0 Å². The third-order valence-corrected chi connectivity index (χ3v) is 1.74. The number of aromatic nitrogens is 2. The second kappa shape index (κ2) is 3.51. The summed E-state index contributed by atoms with van der Waals surface area (Å²) in [5, 5.41) is 0. The van der Waals surface area contributed by atoms with Crippen molar-refractivity contribution in [2.75, 3.05) is 11.9 Å². The molecule has 0 N–H and O–H groups in total. The van der Waals surface area contributed by atoms with Gasteiger partial charge in [-0.25, -0.2) is 9.97 Å². The lowest BCUT2D eigenvalue weighted by molar-refractivity contribution is -0.116. The van der Waals surface area contributed by atoms with Gasteiger partial charge in [-0.05, 0) is 19.9 Å². The zero-order valence-corrected chi connectivity index (χ0v) is 8.33. The van der Waals surface area contributed by atoms with E-state index in [-0.39, 0.29) is 5.91 Å². The maximum Gasteiger partial charge on any atom is 0.232 e. The number of aryl methyl sites for hydroxylation is 2. The minimum absolute atomic E-state index is 0.0648. The van der Waals surface area contributed by atoms with Crippen LogP contribution in [-0.2, 0) is 4.79 Å². The number of hydrogen-bond donors (Lipinski definition) is 0. The van der Waals surface area contributed by atoms with Crippen LogP contribution in [0, 0.1) is 13.8 Å². The minimum atomic E-state index is -0.0648. The van der Waals surface area contributed by atoms with Gasteiger partial charge in [-0.15, -0.1) is 0 Å². The molecular formula is C9H13N3O. The molecule has 1 aromatic heterocycles. The van der Waals surface area contributed by atoms with Gasteiger partial charge in [-0.3, -0.25) is 9.69 Å². The quantitative estimate of drug-likeness (QED) is 0.648. The van der Waals surface area contributed by atoms with Crippen LogP contribution in [0.15, 0.2) is 6.07 Å². The van der Waals surface area contributed by atoms with Crippen LogP contribution in [0.3, 0.4) is 0 Å². The molecule has 0 aliphatic heterocycles. The summed E-state index contributed by atoms with van der Waals surface area (Å²) in [6.45, 7) is 5.25. The molecule has 0 aliphatic rings. The fourth-order valence-corrected chi connectivity index (χ4v) is 0.998. The van der Waals surface area contributed by atoms with Gasteiger partial charge < -0.3 is 0 Å². The smallest absolute Gasteiger partial charge is 0.232 e. The maximum absolute atomic E-state index is 11.0. The molecule has 0 radical (unpaired) electrons. The average Bonchev–Trinajstić information content (AvgIpc) is 2.01. The zero-order chi connectivity index (χ0) is 10.0. The molecule has 70 valence electrons. The highest BCUT2D eigenvalue weighted by molar-refractivity contribution is 5.88. The predicted molar refractivity (Wildman–Crippen MR) is 50.6 cm³/mol. The molecule has 0 aliphatic carbocycles. The first kappa shape index (κ1) is 9.64. The van der Waals surface area contributed by atoms with E-state index in [2.05, 4.69) is 9.97 Å². The highest BCUT2D eigenvalue weighted by Crippen LogP contribution is 2.07. The summed E-state index contributed by atoms with van der Waals surface area (Å²) in [6, 6.07) is 1.87. The van der Waals surface area contributed by atoms with Crippen LogP contribution in [-0.4, -0.2) is 22.9 Å². The van der Waals surface area contributed by atoms with Crippen LogP contribution in [0.5, 0.6) is 0 Å². The molecule has 13 heavy (non-hydrogen) atoms. The van der Waals surface area contributed by atoms with Crippen molar-refractivity contribution in [1.82, 2.24) is 9.97 Å². The van der Waals surface area contributed by atoms with Gasteiger partial charge in [0, 0.05) is 25.4 Å². The Balaban J connectivity index is 3.07. The lowest BCUT2D eigenvalue weighted by Gasteiger charge is -2.13. The standard InChI is InChI=1S/C9H13N3O/c1-6-5-7(2)11-9(10-6)12(4)8(3)13/h5H,1-4H3. The molecule has 1 rings (SSSR count). The van der Waals surface area contributed by atoms with Crippen molar-refractivity contribution in [3.8, 4) is 0 Å². The normalized spacial score (nSPS) is 9.85. The molecule has 1 amide bonds. The maximum atomic E-state index is 11.0. The van der Waals surface area contributed by atoms with Gasteiger partial charge >= 0.3 is 0 Å². The summed E-state index contributed by atoms with van der Waals surface area (Å²) < 4.78 is 0. The molecule has 0 aromatic carbocycles. The summed E-state index contributed by atoms with van der Waals surface area (Å²) >= 11 is 0. The lowest BCUT2D eigenvalue weighted by atomic mass is 10.3. The van der Waals surface area contributed by atoms with Gasteiger partial charge in [-0.1, -0.05) is 0 Å². The van der Waals surface area contributed by atoms with Gasteiger partial charge in [0.05, 0.1) is 0 Å². The van der Waals surface area contributed by atoms with Gasteiger partial charge in [0.25, 0.3) is 0 Å². The number of amides is 1. The van der Waals surface area contributed by atoms with Crippen LogP contribution >= 0.6 is 0 Å². The van der Waals surface area contributed by atoms with Crippen LogP contribution in [0.25, 0.3) is 0 Å². The van der Waals surface area contributed by atoms with Crippen molar-refractivity contribution in [3.63, 3.8) is 0 Å². The van der Waals surface area contributed by atoms with Crippen molar-refractivity contribution in [3.05, 3.63) is 17.5 Å². The number of nitrogens with zero attached hydrogens (tertiary/aromatic N) is 3. The molecule has 0 saturated carbocycles. The van der Waals surface area contributed by atoms with Gasteiger partial charge in [0.15, 0.2) is 0 Å². The Morgan fingerprint density at radius 2 is 1.77 bits per heavy atom. The van der Waals surface area contributed by atoms with E-state index in [1.165, 1.54) is 11.8 Å². The van der Waals surface area contributed by atoms with E-state index in [9.17, 15) is 4.79 Å². The number of rotatable bonds is 1. The Morgan fingerprint density at radius 3 is 2.15 bits per heavy atom. The molecule has 0 bridgehead atoms. The van der Waals surface area contributed by atoms with E-state index in [0.717, 1.165) is 11.4 Å². The highest BCUT2D eigenvalue weighted by Gasteiger charge is 2.08. The van der Waals surface area contributed by atoms with Crippen molar-refractivity contribution in [2.45, 2.75) is 20.8 Å². The largest absolute Gasteiger partial charge is 0.284 e. The van der Waals surface area contributed by atoms with Gasteiger partial charge in [-0.2, -0.15) is 0 Å². The van der Waals surface area contributed by atoms with Crippen LogP contribution < -0.4 is 4.90 Å². The number of carbonyl (C=O) groups excluding carboxylic acids is 1. The number of carbonyl (C=O) groups is 1. The number of hydrogen-bond acceptors (Lipinski definition) is 3. The SMILES string of the molecule is CC(=O)N(C)c1nc(C)cc(C)n1. The Bertz CT molecular complexity index is 315. The molecular weight excluding hydrogens is 166 g/mol. The summed E-state index contributed by atoms with van der Waals surface area (Å²) in [4.78, 5) is 20.7. The molecule has 1 aromatic rings. The van der Waals surface area contributed by atoms with Gasteiger partial charge in [0.2, 0.25) is 11.9 Å². The summed E-state index contributed by atoms with van der Waals surface area (Å²) in [7, 11) is 1.66. The van der Waals surface area contributed by atoms with E-state index in [1.807, 2.05) is 19.9 Å². The Kier molecular flexibility index (Phi) is 2.60. The zero-order valence-electron chi connectivity index (χ0n) is 8.33. The molecule has 0 fully saturated rings. The molecule has 0 unspecified atom stereocenters. The van der Waals surface area contributed by atoms with Crippen molar-refractivity contribution >= 4 is 11.9 Å². The van der Waals surface area contributed by atoms with E-state index >= 15 is 0 Å². The summed E-state index contributed by atoms with van der Waals surface area (Å²) in [6.07, 6.45) is 0. The minimum Gasteiger partial charge on any atom is -0.284 e. The van der Waals surface area contributed by atoms with E-state index in [1.54, 1.807) is 7.05 Å². The molecule has 4 heteroatoms. The second-order valence-corrected chi connectivity index (χ2v) is 3.03. The second-order valence-electron chi connectivity index (χ2n) is 3.03. The molecule has 0 saturated heterocycles. The fraction of sp³-hybridized carbons (Fsp3) is 0.444. The van der Waals surface area contributed by atoms with E-state index < -0.39 is 0 Å². The van der Waals surface area contributed by atoms with E-state index in [0.29, 0.717) is 5.95 Å². The summed E-state index contributed by atoms with van der Waals surface area (Å²) in [5.74, 6) is 0.398. The third-order valence-electron chi connectivity index (χ3n) is 1.74. The molecule has 0 spiro atoms.